The number of halogens is 1. The summed E-state index contributed by atoms with van der Waals surface area (Å²) in [4.78, 5) is 8.53. The van der Waals surface area contributed by atoms with Crippen LogP contribution in [0.25, 0.3) is 0 Å². The van der Waals surface area contributed by atoms with Gasteiger partial charge in [0, 0.05) is 39.8 Å². The second-order valence-electron chi connectivity index (χ2n) is 4.53. The molecule has 0 atom stereocenters. The van der Waals surface area contributed by atoms with Crippen LogP contribution >= 0.6 is 0 Å². The molecule has 0 aliphatic carbocycles. The van der Waals surface area contributed by atoms with E-state index in [9.17, 15) is 4.39 Å². The molecule has 0 bridgehead atoms. The number of nitrogens with zero attached hydrogens (tertiary/aromatic N) is 3. The third kappa shape index (κ3) is 4.21. The third-order valence-electron chi connectivity index (χ3n) is 3.19. The van der Waals surface area contributed by atoms with Crippen LogP contribution in [0.15, 0.2) is 29.3 Å². The SMILES string of the molecule is C/N=C/N1CCN(CCOc2ccccc2F)CC1. The molecule has 1 heterocycles. The highest BCUT2D eigenvalue weighted by atomic mass is 19.1. The standard InChI is InChI=1S/C14H20FN3O/c1-16-12-18-8-6-17(7-9-18)10-11-19-14-5-3-2-4-13(14)15/h2-5,12H,6-11H2,1H3/b16-12+. The zero-order chi connectivity index (χ0) is 13.5. The van der Waals surface area contributed by atoms with Crippen molar-refractivity contribution < 1.29 is 9.13 Å². The van der Waals surface area contributed by atoms with Crippen molar-refractivity contribution in [3.05, 3.63) is 30.1 Å². The molecule has 2 rings (SSSR count). The number of benzene rings is 1. The molecule has 19 heavy (non-hydrogen) atoms. The quantitative estimate of drug-likeness (QED) is 0.596. The van der Waals surface area contributed by atoms with Crippen molar-refractivity contribution in [1.29, 1.82) is 0 Å². The number of ether oxygens (including phenoxy) is 1. The van der Waals surface area contributed by atoms with E-state index in [1.807, 2.05) is 6.34 Å². The second-order valence-corrected chi connectivity index (χ2v) is 4.53. The topological polar surface area (TPSA) is 28.1 Å². The smallest absolute Gasteiger partial charge is 0.165 e. The van der Waals surface area contributed by atoms with E-state index in [1.54, 1.807) is 25.2 Å². The largest absolute Gasteiger partial charge is 0.489 e. The van der Waals surface area contributed by atoms with Crippen LogP contribution in [-0.4, -0.2) is 62.5 Å². The lowest BCUT2D eigenvalue weighted by atomic mass is 10.3. The maximum absolute atomic E-state index is 13.3. The molecule has 0 saturated carbocycles. The number of hydrogen-bond donors (Lipinski definition) is 0. The average Bonchev–Trinajstić information content (AvgIpc) is 2.43. The highest BCUT2D eigenvalue weighted by Gasteiger charge is 2.14. The second kappa shape index (κ2) is 7.09. The van der Waals surface area contributed by atoms with Crippen molar-refractivity contribution in [2.75, 3.05) is 46.4 Å². The van der Waals surface area contributed by atoms with Crippen LogP contribution in [0.4, 0.5) is 4.39 Å². The molecule has 0 radical (unpaired) electrons. The monoisotopic (exact) mass is 265 g/mol. The van der Waals surface area contributed by atoms with Gasteiger partial charge in [0.15, 0.2) is 11.6 Å². The fraction of sp³-hybridized carbons (Fsp3) is 0.500. The molecule has 1 fully saturated rings. The Morgan fingerprint density at radius 1 is 1.26 bits per heavy atom. The first-order valence-electron chi connectivity index (χ1n) is 6.55. The normalized spacial score (nSPS) is 17.1. The molecule has 1 aromatic rings. The zero-order valence-electron chi connectivity index (χ0n) is 11.3. The Morgan fingerprint density at radius 3 is 2.68 bits per heavy atom. The van der Waals surface area contributed by atoms with E-state index < -0.39 is 0 Å². The molecule has 0 aromatic heterocycles. The van der Waals surface area contributed by atoms with Gasteiger partial charge in [-0.3, -0.25) is 9.89 Å². The molecule has 1 saturated heterocycles. The Morgan fingerprint density at radius 2 is 2.00 bits per heavy atom. The maximum atomic E-state index is 13.3. The first-order valence-corrected chi connectivity index (χ1v) is 6.55. The van der Waals surface area contributed by atoms with Crippen LogP contribution in [0.3, 0.4) is 0 Å². The Labute approximate surface area is 113 Å². The molecular weight excluding hydrogens is 245 g/mol. The van der Waals surface area contributed by atoms with Crippen molar-refractivity contribution in [1.82, 2.24) is 9.80 Å². The van der Waals surface area contributed by atoms with Crippen molar-refractivity contribution >= 4 is 6.34 Å². The number of para-hydroxylation sites is 1. The van der Waals surface area contributed by atoms with E-state index >= 15 is 0 Å². The van der Waals surface area contributed by atoms with Crippen molar-refractivity contribution in [2.24, 2.45) is 4.99 Å². The summed E-state index contributed by atoms with van der Waals surface area (Å²) in [5.41, 5.74) is 0. The summed E-state index contributed by atoms with van der Waals surface area (Å²) in [5, 5.41) is 0. The number of rotatable bonds is 5. The summed E-state index contributed by atoms with van der Waals surface area (Å²) < 4.78 is 18.8. The minimum absolute atomic E-state index is 0.300. The summed E-state index contributed by atoms with van der Waals surface area (Å²) in [6, 6.07) is 6.52. The number of piperazine rings is 1. The molecule has 0 N–H and O–H groups in total. The molecule has 0 unspecified atom stereocenters. The van der Waals surface area contributed by atoms with Gasteiger partial charge in [0.2, 0.25) is 0 Å². The maximum Gasteiger partial charge on any atom is 0.165 e. The van der Waals surface area contributed by atoms with E-state index in [2.05, 4.69) is 14.8 Å². The van der Waals surface area contributed by atoms with Gasteiger partial charge in [-0.1, -0.05) is 12.1 Å². The van der Waals surface area contributed by atoms with Crippen LogP contribution in [0.1, 0.15) is 0 Å². The van der Waals surface area contributed by atoms with E-state index in [0.29, 0.717) is 12.4 Å². The Bertz CT molecular complexity index is 417. The molecule has 104 valence electrons. The fourth-order valence-electron chi connectivity index (χ4n) is 2.11. The molecular formula is C14H20FN3O. The molecule has 5 heteroatoms. The molecule has 0 amide bonds. The fourth-order valence-corrected chi connectivity index (χ4v) is 2.11. The van der Waals surface area contributed by atoms with Gasteiger partial charge in [0.25, 0.3) is 0 Å². The highest BCUT2D eigenvalue weighted by molar-refractivity contribution is 5.54. The van der Waals surface area contributed by atoms with Crippen LogP contribution in [-0.2, 0) is 0 Å². The molecule has 1 aliphatic heterocycles. The first kappa shape index (κ1) is 13.8. The van der Waals surface area contributed by atoms with Gasteiger partial charge in [0.1, 0.15) is 6.61 Å². The highest BCUT2D eigenvalue weighted by Crippen LogP contribution is 2.15. The first-order chi connectivity index (χ1) is 9.29. The van der Waals surface area contributed by atoms with Crippen LogP contribution in [0.2, 0.25) is 0 Å². The lowest BCUT2D eigenvalue weighted by Crippen LogP contribution is -2.46. The summed E-state index contributed by atoms with van der Waals surface area (Å²) in [6.07, 6.45) is 1.88. The average molecular weight is 265 g/mol. The summed E-state index contributed by atoms with van der Waals surface area (Å²) in [5.74, 6) is 0.0331. The number of hydrogen-bond acceptors (Lipinski definition) is 3. The Kier molecular flexibility index (Phi) is 5.15. The van der Waals surface area contributed by atoms with Crippen LogP contribution < -0.4 is 4.74 Å². The predicted molar refractivity (Wildman–Crippen MR) is 74.3 cm³/mol. The van der Waals surface area contributed by atoms with E-state index in [0.717, 1.165) is 32.7 Å². The predicted octanol–water partition coefficient (Wildman–Crippen LogP) is 1.48. The van der Waals surface area contributed by atoms with Gasteiger partial charge in [-0.15, -0.1) is 0 Å². The lowest BCUT2D eigenvalue weighted by molar-refractivity contribution is 0.154. The molecule has 1 aliphatic rings. The number of aliphatic imine (C=N–C) groups is 1. The summed E-state index contributed by atoms with van der Waals surface area (Å²) in [7, 11) is 1.79. The van der Waals surface area contributed by atoms with Crippen molar-refractivity contribution in [3.63, 3.8) is 0 Å². The van der Waals surface area contributed by atoms with Crippen molar-refractivity contribution in [3.8, 4) is 5.75 Å². The summed E-state index contributed by atoms with van der Waals surface area (Å²) >= 11 is 0. The minimum Gasteiger partial charge on any atom is -0.489 e. The van der Waals surface area contributed by atoms with E-state index in [-0.39, 0.29) is 5.82 Å². The molecule has 1 aromatic carbocycles. The Hall–Kier alpha value is -1.62. The van der Waals surface area contributed by atoms with Gasteiger partial charge < -0.3 is 9.64 Å². The lowest BCUT2D eigenvalue weighted by Gasteiger charge is -2.33. The van der Waals surface area contributed by atoms with E-state index in [1.165, 1.54) is 6.07 Å². The zero-order valence-corrected chi connectivity index (χ0v) is 11.3. The van der Waals surface area contributed by atoms with Gasteiger partial charge in [-0.05, 0) is 12.1 Å². The molecule has 0 spiro atoms. The van der Waals surface area contributed by atoms with Gasteiger partial charge in [0.05, 0.1) is 6.34 Å². The summed E-state index contributed by atoms with van der Waals surface area (Å²) in [6.45, 7) is 5.29. The minimum atomic E-state index is -0.300. The van der Waals surface area contributed by atoms with Crippen molar-refractivity contribution in [2.45, 2.75) is 0 Å². The van der Waals surface area contributed by atoms with Gasteiger partial charge >= 0.3 is 0 Å². The van der Waals surface area contributed by atoms with E-state index in [4.69, 9.17) is 4.74 Å². The van der Waals surface area contributed by atoms with Crippen LogP contribution in [0.5, 0.6) is 5.75 Å². The molecule has 4 nitrogen and oxygen atoms in total. The third-order valence-corrected chi connectivity index (χ3v) is 3.19. The van der Waals surface area contributed by atoms with Crippen LogP contribution in [0, 0.1) is 5.82 Å². The van der Waals surface area contributed by atoms with Gasteiger partial charge in [-0.25, -0.2) is 4.39 Å². The Balaban J connectivity index is 1.69. The van der Waals surface area contributed by atoms with Gasteiger partial charge in [-0.2, -0.15) is 0 Å².